The van der Waals surface area contributed by atoms with Crippen molar-refractivity contribution in [1.29, 1.82) is 0 Å². The highest BCUT2D eigenvalue weighted by atomic mass is 28.4. The van der Waals surface area contributed by atoms with Crippen molar-refractivity contribution >= 4 is 24.8 Å². The zero-order valence-corrected chi connectivity index (χ0v) is 22.4. The smallest absolute Gasteiger partial charge is 0.407 e. The highest BCUT2D eigenvalue weighted by molar-refractivity contribution is 6.99. The highest BCUT2D eigenvalue weighted by Crippen LogP contribution is 2.37. The molecule has 3 rings (SSSR count). The molecule has 0 unspecified atom stereocenters. The van der Waals surface area contributed by atoms with Gasteiger partial charge in [-0.1, -0.05) is 124 Å². The minimum Gasteiger partial charge on any atom is -0.444 e. The van der Waals surface area contributed by atoms with Gasteiger partial charge in [-0.25, -0.2) is 4.79 Å². The molecule has 3 aromatic carbocycles. The van der Waals surface area contributed by atoms with Gasteiger partial charge < -0.3 is 19.6 Å². The number of ether oxygens (including phenoxy) is 1. The topological polar surface area (TPSA) is 67.8 Å². The molecule has 5 nitrogen and oxygen atoms in total. The first-order chi connectivity index (χ1) is 17.4. The predicted molar refractivity (Wildman–Crippen MR) is 148 cm³/mol. The average Bonchev–Trinajstić information content (AvgIpc) is 2.89. The third-order valence-electron chi connectivity index (χ3n) is 6.13. The summed E-state index contributed by atoms with van der Waals surface area (Å²) in [6.07, 6.45) is 2.92. The number of alkyl carbamates (subject to hydrolysis) is 1. The van der Waals surface area contributed by atoms with Crippen LogP contribution in [0.15, 0.2) is 103 Å². The van der Waals surface area contributed by atoms with Gasteiger partial charge in [-0.15, -0.1) is 0 Å². The maximum Gasteiger partial charge on any atom is 0.407 e. The van der Waals surface area contributed by atoms with E-state index in [2.05, 4.69) is 50.4 Å². The molecule has 0 radical (unpaired) electrons. The monoisotopic (exact) mass is 503 g/mol. The molecule has 2 N–H and O–H groups in total. The van der Waals surface area contributed by atoms with Crippen molar-refractivity contribution in [3.8, 4) is 0 Å². The van der Waals surface area contributed by atoms with Crippen molar-refractivity contribution in [3.63, 3.8) is 0 Å². The van der Waals surface area contributed by atoms with Gasteiger partial charge in [0.25, 0.3) is 8.32 Å². The third kappa shape index (κ3) is 7.16. The van der Waals surface area contributed by atoms with E-state index in [4.69, 9.17) is 9.16 Å². The van der Waals surface area contributed by atoms with Gasteiger partial charge in [-0.05, 0) is 21.0 Å². The van der Waals surface area contributed by atoms with Crippen LogP contribution in [0.3, 0.4) is 0 Å². The number of carbonyl (C=O) groups excluding carboxylic acids is 1. The Morgan fingerprint density at radius 1 is 0.889 bits per heavy atom. The summed E-state index contributed by atoms with van der Waals surface area (Å²) in [5, 5.41) is 14.2. The van der Waals surface area contributed by atoms with E-state index < -0.39 is 20.5 Å². The lowest BCUT2D eigenvalue weighted by Crippen LogP contribution is -2.67. The van der Waals surface area contributed by atoms with Crippen LogP contribution in [0.25, 0.3) is 0 Å². The van der Waals surface area contributed by atoms with Crippen molar-refractivity contribution in [2.75, 3.05) is 13.2 Å². The Morgan fingerprint density at radius 3 is 1.92 bits per heavy atom. The molecular weight excluding hydrogens is 466 g/mol. The van der Waals surface area contributed by atoms with Crippen LogP contribution in [0.4, 0.5) is 4.79 Å². The van der Waals surface area contributed by atoms with E-state index in [-0.39, 0.29) is 18.3 Å². The van der Waals surface area contributed by atoms with Gasteiger partial charge in [0.05, 0.1) is 13.2 Å². The van der Waals surface area contributed by atoms with Gasteiger partial charge in [0.2, 0.25) is 0 Å². The molecule has 0 aliphatic heterocycles. The van der Waals surface area contributed by atoms with Crippen LogP contribution in [-0.4, -0.2) is 38.8 Å². The first kappa shape index (κ1) is 27.4. The largest absolute Gasteiger partial charge is 0.444 e. The number of carbonyl (C=O) groups is 1. The second-order valence-corrected chi connectivity index (χ2v) is 14.0. The Morgan fingerprint density at radius 2 is 1.42 bits per heavy atom. The van der Waals surface area contributed by atoms with Crippen LogP contribution in [-0.2, 0) is 15.7 Å². The number of hydrogen-bond acceptors (Lipinski definition) is 4. The van der Waals surface area contributed by atoms with E-state index in [0.717, 1.165) is 5.56 Å². The summed E-state index contributed by atoms with van der Waals surface area (Å²) in [7, 11) is -2.77. The summed E-state index contributed by atoms with van der Waals surface area (Å²) in [6.45, 7) is 7.20. The molecule has 0 bridgehead atoms. The van der Waals surface area contributed by atoms with Crippen LogP contribution >= 0.6 is 0 Å². The Bertz CT molecular complexity index is 1040. The van der Waals surface area contributed by atoms with Crippen LogP contribution < -0.4 is 15.7 Å². The van der Waals surface area contributed by atoms with Gasteiger partial charge in [0.1, 0.15) is 6.10 Å². The predicted octanol–water partition coefficient (Wildman–Crippen LogP) is 4.80. The van der Waals surface area contributed by atoms with Crippen molar-refractivity contribution in [2.24, 2.45) is 0 Å². The molecule has 0 aromatic heterocycles. The number of rotatable bonds is 11. The highest BCUT2D eigenvalue weighted by Gasteiger charge is 2.50. The van der Waals surface area contributed by atoms with Crippen LogP contribution in [0.1, 0.15) is 32.8 Å². The molecule has 6 heteroatoms. The SMILES string of the molecule is CC(C)(C)[Si](OC[C@H](CC=CCO)OC(=O)NCc1ccccc1)(c1ccccc1)c1ccccc1. The zero-order valence-electron chi connectivity index (χ0n) is 21.4. The molecule has 0 fully saturated rings. The van der Waals surface area contributed by atoms with E-state index >= 15 is 0 Å². The van der Waals surface area contributed by atoms with E-state index in [0.29, 0.717) is 13.0 Å². The molecule has 0 heterocycles. The van der Waals surface area contributed by atoms with Crippen molar-refractivity contribution in [1.82, 2.24) is 5.32 Å². The fourth-order valence-electron chi connectivity index (χ4n) is 4.42. The molecule has 0 spiro atoms. The first-order valence-corrected chi connectivity index (χ1v) is 14.3. The summed E-state index contributed by atoms with van der Waals surface area (Å²) in [6, 6.07) is 30.5. The van der Waals surface area contributed by atoms with Gasteiger partial charge in [-0.2, -0.15) is 0 Å². The van der Waals surface area contributed by atoms with Crippen molar-refractivity contribution < 1.29 is 19.1 Å². The second kappa shape index (κ2) is 13.2. The van der Waals surface area contributed by atoms with Gasteiger partial charge in [-0.3, -0.25) is 0 Å². The summed E-state index contributed by atoms with van der Waals surface area (Å²) < 4.78 is 12.8. The maximum absolute atomic E-state index is 12.7. The lowest BCUT2D eigenvalue weighted by molar-refractivity contribution is 0.0635. The Balaban J connectivity index is 1.85. The first-order valence-electron chi connectivity index (χ1n) is 12.4. The Hall–Kier alpha value is -3.19. The molecular formula is C30H37NO4Si. The maximum atomic E-state index is 12.7. The molecule has 3 aromatic rings. The summed E-state index contributed by atoms with van der Waals surface area (Å²) in [4.78, 5) is 12.7. The quantitative estimate of drug-likeness (QED) is 0.291. The molecule has 0 saturated carbocycles. The molecule has 36 heavy (non-hydrogen) atoms. The Kier molecular flexibility index (Phi) is 10.1. The van der Waals surface area contributed by atoms with Crippen molar-refractivity contribution in [2.45, 2.75) is 44.9 Å². The molecule has 190 valence electrons. The lowest BCUT2D eigenvalue weighted by atomic mass is 10.2. The number of benzene rings is 3. The molecule has 1 atom stereocenters. The van der Waals surface area contributed by atoms with Gasteiger partial charge >= 0.3 is 6.09 Å². The van der Waals surface area contributed by atoms with Crippen LogP contribution in [0.5, 0.6) is 0 Å². The minimum atomic E-state index is -2.77. The number of nitrogens with one attached hydrogen (secondary N) is 1. The fraction of sp³-hybridized carbons (Fsp3) is 0.300. The zero-order chi connectivity index (χ0) is 25.9. The standard InChI is InChI=1S/C30H37NO4Si/c1-30(2,3)36(27-18-9-5-10-19-27,28-20-11-6-12-21-28)34-24-26(17-13-14-22-32)35-29(33)31-23-25-15-7-4-8-16-25/h4-16,18-21,26,32H,17,22-24H2,1-3H3,(H,31,33)/t26-/m0/s1. The van der Waals surface area contributed by atoms with E-state index in [9.17, 15) is 9.90 Å². The second-order valence-electron chi connectivity index (χ2n) is 9.73. The number of aliphatic hydroxyl groups excluding tert-OH is 1. The normalized spacial score (nSPS) is 12.9. The number of amides is 1. The molecule has 0 saturated heterocycles. The van der Waals surface area contributed by atoms with E-state index in [1.54, 1.807) is 6.08 Å². The van der Waals surface area contributed by atoms with Crippen LogP contribution in [0, 0.1) is 0 Å². The molecule has 0 aliphatic carbocycles. The van der Waals surface area contributed by atoms with E-state index in [1.165, 1.54) is 10.4 Å². The summed E-state index contributed by atoms with van der Waals surface area (Å²) >= 11 is 0. The number of aliphatic hydroxyl groups is 1. The van der Waals surface area contributed by atoms with Gasteiger partial charge in [0, 0.05) is 13.0 Å². The summed E-state index contributed by atoms with van der Waals surface area (Å²) in [5.41, 5.74) is 0.995. The lowest BCUT2D eigenvalue weighted by Gasteiger charge is -2.43. The van der Waals surface area contributed by atoms with Crippen LogP contribution in [0.2, 0.25) is 5.04 Å². The fourth-order valence-corrected chi connectivity index (χ4v) is 9.01. The minimum absolute atomic E-state index is 0.0670. The Labute approximate surface area is 215 Å². The third-order valence-corrected chi connectivity index (χ3v) is 11.1. The van der Waals surface area contributed by atoms with Gasteiger partial charge in [0.15, 0.2) is 0 Å². The molecule has 0 aliphatic rings. The molecule has 1 amide bonds. The summed E-state index contributed by atoms with van der Waals surface area (Å²) in [5.74, 6) is 0. The van der Waals surface area contributed by atoms with E-state index in [1.807, 2.05) is 72.8 Å². The average molecular weight is 504 g/mol. The number of hydrogen-bond donors (Lipinski definition) is 2. The van der Waals surface area contributed by atoms with Crippen molar-refractivity contribution in [3.05, 3.63) is 109 Å².